The quantitative estimate of drug-likeness (QED) is 0.594. The van der Waals surface area contributed by atoms with Gasteiger partial charge in [0.05, 0.1) is 26.5 Å². The van der Waals surface area contributed by atoms with Gasteiger partial charge in [0, 0.05) is 26.4 Å². The Labute approximate surface area is 133 Å². The number of aromatic amines is 1. The van der Waals surface area contributed by atoms with E-state index in [1.54, 1.807) is 13.4 Å². The molecular weight excluding hydrogens is 296 g/mol. The molecule has 0 bridgehead atoms. The third-order valence-electron chi connectivity index (χ3n) is 4.40. The molecule has 1 aliphatic heterocycles. The summed E-state index contributed by atoms with van der Waals surface area (Å²) in [6.07, 6.45) is 6.10. The molecule has 8 nitrogen and oxygen atoms in total. The summed E-state index contributed by atoms with van der Waals surface area (Å²) in [5.74, 6) is 1.30. The molecule has 0 aromatic carbocycles. The molecule has 1 aliphatic rings. The maximum absolute atomic E-state index is 12.0. The summed E-state index contributed by atoms with van der Waals surface area (Å²) in [5, 5.41) is 3.48. The lowest BCUT2D eigenvalue weighted by Crippen LogP contribution is -2.36. The van der Waals surface area contributed by atoms with Crippen molar-refractivity contribution in [1.29, 1.82) is 0 Å². The van der Waals surface area contributed by atoms with Crippen LogP contribution in [-0.2, 0) is 13.6 Å². The number of hydrogen-bond acceptors (Lipinski definition) is 4. The minimum atomic E-state index is -0.439. The SMILES string of the molecule is Cn1c(=O)[nH]c(=O)c2c1ncn2CCCNC1=[N+](C)CCCC1. The van der Waals surface area contributed by atoms with E-state index in [4.69, 9.17) is 0 Å². The third-order valence-corrected chi connectivity index (χ3v) is 4.40. The van der Waals surface area contributed by atoms with Crippen molar-refractivity contribution < 1.29 is 4.58 Å². The molecule has 0 spiro atoms. The van der Waals surface area contributed by atoms with Gasteiger partial charge in [-0.1, -0.05) is 0 Å². The molecule has 0 saturated heterocycles. The number of fused-ring (bicyclic) bond motifs is 1. The summed E-state index contributed by atoms with van der Waals surface area (Å²) < 4.78 is 5.44. The summed E-state index contributed by atoms with van der Waals surface area (Å²) in [7, 11) is 3.72. The van der Waals surface area contributed by atoms with E-state index >= 15 is 0 Å². The molecular formula is C15H23N6O2+. The largest absolute Gasteiger partial charge is 0.329 e. The molecule has 0 amide bonds. The van der Waals surface area contributed by atoms with Gasteiger partial charge in [-0.15, -0.1) is 0 Å². The predicted octanol–water partition coefficient (Wildman–Crippen LogP) is -0.372. The minimum Gasteiger partial charge on any atom is -0.325 e. The Balaban J connectivity index is 1.68. The number of aromatic nitrogens is 4. The first-order valence-electron chi connectivity index (χ1n) is 8.03. The summed E-state index contributed by atoms with van der Waals surface area (Å²) in [6, 6.07) is 0. The lowest BCUT2D eigenvalue weighted by atomic mass is 10.1. The molecule has 3 rings (SSSR count). The normalized spacial score (nSPS) is 15.4. The number of imidazole rings is 1. The average molecular weight is 319 g/mol. The maximum atomic E-state index is 12.0. The molecule has 0 unspecified atom stereocenters. The Kier molecular flexibility index (Phi) is 4.31. The van der Waals surface area contributed by atoms with Crippen LogP contribution in [0.2, 0.25) is 0 Å². The number of hydrogen-bond donors (Lipinski definition) is 2. The predicted molar refractivity (Wildman–Crippen MR) is 88.1 cm³/mol. The van der Waals surface area contributed by atoms with Crippen molar-refractivity contribution in [1.82, 2.24) is 24.4 Å². The zero-order chi connectivity index (χ0) is 16.4. The molecule has 3 heterocycles. The van der Waals surface area contributed by atoms with Crippen LogP contribution in [-0.4, -0.2) is 49.7 Å². The van der Waals surface area contributed by atoms with Crippen molar-refractivity contribution in [3.8, 4) is 0 Å². The van der Waals surface area contributed by atoms with Crippen LogP contribution >= 0.6 is 0 Å². The van der Waals surface area contributed by atoms with Gasteiger partial charge in [-0.2, -0.15) is 0 Å². The van der Waals surface area contributed by atoms with E-state index in [0.29, 0.717) is 17.7 Å². The first-order chi connectivity index (χ1) is 11.1. The van der Waals surface area contributed by atoms with Crippen molar-refractivity contribution in [3.63, 3.8) is 0 Å². The Morgan fingerprint density at radius 1 is 1.39 bits per heavy atom. The zero-order valence-corrected chi connectivity index (χ0v) is 13.6. The molecule has 23 heavy (non-hydrogen) atoms. The Bertz CT molecular complexity index is 857. The van der Waals surface area contributed by atoms with Crippen molar-refractivity contribution in [2.24, 2.45) is 7.05 Å². The van der Waals surface area contributed by atoms with Gasteiger partial charge >= 0.3 is 5.69 Å². The fourth-order valence-corrected chi connectivity index (χ4v) is 3.03. The average Bonchev–Trinajstić information content (AvgIpc) is 2.95. The van der Waals surface area contributed by atoms with Crippen LogP contribution in [0.4, 0.5) is 0 Å². The van der Waals surface area contributed by atoms with Gasteiger partial charge < -0.3 is 4.57 Å². The van der Waals surface area contributed by atoms with Gasteiger partial charge in [-0.25, -0.2) is 9.78 Å². The minimum absolute atomic E-state index is 0.380. The van der Waals surface area contributed by atoms with Gasteiger partial charge in [0.15, 0.2) is 11.2 Å². The second-order valence-electron chi connectivity index (χ2n) is 6.03. The number of rotatable bonds is 4. The van der Waals surface area contributed by atoms with Gasteiger partial charge in [0.25, 0.3) is 5.56 Å². The van der Waals surface area contributed by atoms with E-state index < -0.39 is 5.69 Å². The van der Waals surface area contributed by atoms with Crippen LogP contribution in [0, 0.1) is 0 Å². The highest BCUT2D eigenvalue weighted by Gasteiger charge is 2.15. The molecule has 0 saturated carbocycles. The summed E-state index contributed by atoms with van der Waals surface area (Å²) in [4.78, 5) is 30.1. The van der Waals surface area contributed by atoms with Crippen molar-refractivity contribution in [2.75, 3.05) is 20.1 Å². The molecule has 124 valence electrons. The molecule has 2 aromatic rings. The van der Waals surface area contributed by atoms with E-state index in [-0.39, 0.29) is 5.56 Å². The fraction of sp³-hybridized carbons (Fsp3) is 0.600. The number of amidine groups is 1. The molecule has 2 N–H and O–H groups in total. The van der Waals surface area contributed by atoms with Crippen LogP contribution in [0.1, 0.15) is 25.7 Å². The van der Waals surface area contributed by atoms with Crippen LogP contribution in [0.3, 0.4) is 0 Å². The first-order valence-corrected chi connectivity index (χ1v) is 8.03. The van der Waals surface area contributed by atoms with Gasteiger partial charge in [0.1, 0.15) is 0 Å². The Hall–Kier alpha value is -2.38. The topological polar surface area (TPSA) is 87.7 Å². The standard InChI is InChI=1S/C15H22N6O2/c1-19-8-4-3-6-11(19)16-7-5-9-21-10-17-13-12(21)14(22)18-15(23)20(13)2/h10H,3-9H2,1-2H3,(H,18,22,23)/p+1. The van der Waals surface area contributed by atoms with Crippen LogP contribution < -0.4 is 16.6 Å². The number of nitrogens with one attached hydrogen (secondary N) is 2. The van der Waals surface area contributed by atoms with E-state index in [0.717, 1.165) is 25.9 Å². The highest BCUT2D eigenvalue weighted by Crippen LogP contribution is 2.06. The van der Waals surface area contributed by atoms with E-state index in [1.807, 2.05) is 4.57 Å². The number of nitrogens with zero attached hydrogens (tertiary/aromatic N) is 4. The summed E-state index contributed by atoms with van der Waals surface area (Å²) in [5.41, 5.74) is 0.0590. The summed E-state index contributed by atoms with van der Waals surface area (Å²) in [6.45, 7) is 2.64. The second kappa shape index (κ2) is 6.39. The van der Waals surface area contributed by atoms with Gasteiger partial charge in [-0.3, -0.25) is 24.2 Å². The molecule has 0 radical (unpaired) electrons. The van der Waals surface area contributed by atoms with Crippen LogP contribution in [0.25, 0.3) is 11.2 Å². The molecule has 0 atom stereocenters. The van der Waals surface area contributed by atoms with E-state index in [9.17, 15) is 9.59 Å². The summed E-state index contributed by atoms with van der Waals surface area (Å²) >= 11 is 0. The van der Waals surface area contributed by atoms with Crippen molar-refractivity contribution in [2.45, 2.75) is 32.2 Å². The Morgan fingerprint density at radius 2 is 2.22 bits per heavy atom. The third kappa shape index (κ3) is 3.06. The van der Waals surface area contributed by atoms with Crippen LogP contribution in [0.5, 0.6) is 0 Å². The van der Waals surface area contributed by atoms with Gasteiger partial charge in [-0.05, 0) is 12.8 Å². The number of aryl methyl sites for hydroxylation is 2. The highest BCUT2D eigenvalue weighted by molar-refractivity contribution is 5.77. The maximum Gasteiger partial charge on any atom is 0.329 e. The monoisotopic (exact) mass is 319 g/mol. The molecule has 0 aliphatic carbocycles. The van der Waals surface area contributed by atoms with E-state index in [1.165, 1.54) is 23.2 Å². The van der Waals surface area contributed by atoms with Gasteiger partial charge in [0.2, 0.25) is 5.84 Å². The second-order valence-corrected chi connectivity index (χ2v) is 6.03. The fourth-order valence-electron chi connectivity index (χ4n) is 3.03. The molecule has 8 heteroatoms. The van der Waals surface area contributed by atoms with Crippen molar-refractivity contribution in [3.05, 3.63) is 27.2 Å². The van der Waals surface area contributed by atoms with E-state index in [2.05, 4.69) is 26.9 Å². The lowest BCUT2D eigenvalue weighted by molar-refractivity contribution is -0.505. The van der Waals surface area contributed by atoms with Crippen LogP contribution in [0.15, 0.2) is 15.9 Å². The Morgan fingerprint density at radius 3 is 3.00 bits per heavy atom. The molecule has 2 aromatic heterocycles. The van der Waals surface area contributed by atoms with Crippen molar-refractivity contribution >= 4 is 17.0 Å². The number of H-pyrrole nitrogens is 1. The highest BCUT2D eigenvalue weighted by atomic mass is 16.2. The first kappa shape index (κ1) is 15.5. The zero-order valence-electron chi connectivity index (χ0n) is 13.6. The lowest BCUT2D eigenvalue weighted by Gasteiger charge is -2.14. The molecule has 0 fully saturated rings. The smallest absolute Gasteiger partial charge is 0.325 e.